The fourth-order valence-electron chi connectivity index (χ4n) is 5.14. The van der Waals surface area contributed by atoms with Crippen molar-refractivity contribution in [1.29, 1.82) is 0 Å². The number of aromatic amines is 1. The van der Waals surface area contributed by atoms with Crippen LogP contribution in [0.5, 0.6) is 0 Å². The van der Waals surface area contributed by atoms with Crippen molar-refractivity contribution in [2.24, 2.45) is 0 Å². The van der Waals surface area contributed by atoms with Gasteiger partial charge in [0.05, 0.1) is 11.8 Å². The van der Waals surface area contributed by atoms with E-state index in [-0.39, 0.29) is 17.7 Å². The molecule has 37 heavy (non-hydrogen) atoms. The van der Waals surface area contributed by atoms with Crippen molar-refractivity contribution in [3.05, 3.63) is 92.6 Å². The number of fused-ring (bicyclic) bond motifs is 1. The third-order valence-corrected chi connectivity index (χ3v) is 7.03. The van der Waals surface area contributed by atoms with Crippen molar-refractivity contribution < 1.29 is 9.63 Å². The fourth-order valence-corrected chi connectivity index (χ4v) is 5.14. The Morgan fingerprint density at radius 1 is 1.08 bits per heavy atom. The van der Waals surface area contributed by atoms with E-state index >= 15 is 0 Å². The second-order valence-corrected chi connectivity index (χ2v) is 9.46. The van der Waals surface area contributed by atoms with Crippen molar-refractivity contribution in [3.8, 4) is 22.5 Å². The first-order valence-electron chi connectivity index (χ1n) is 12.4. The highest BCUT2D eigenvalue weighted by atomic mass is 16.5. The van der Waals surface area contributed by atoms with Crippen LogP contribution in [0.2, 0.25) is 0 Å². The van der Waals surface area contributed by atoms with Crippen molar-refractivity contribution >= 4 is 5.78 Å². The van der Waals surface area contributed by atoms with E-state index in [1.807, 2.05) is 48.5 Å². The van der Waals surface area contributed by atoms with E-state index < -0.39 is 5.76 Å². The highest BCUT2D eigenvalue weighted by Crippen LogP contribution is 2.33. The van der Waals surface area contributed by atoms with Crippen LogP contribution in [-0.2, 0) is 12.8 Å². The van der Waals surface area contributed by atoms with Crippen LogP contribution in [0.4, 0.5) is 0 Å². The predicted octanol–water partition coefficient (Wildman–Crippen LogP) is 3.14. The molecule has 0 spiro atoms. The normalized spacial score (nSPS) is 17.2. The molecule has 0 unspecified atom stereocenters. The topological polar surface area (TPSA) is 131 Å². The van der Waals surface area contributed by atoms with Crippen LogP contribution in [0.15, 0.2) is 69.0 Å². The molecular weight excluding hydrogens is 472 g/mol. The maximum atomic E-state index is 13.8. The van der Waals surface area contributed by atoms with Gasteiger partial charge in [0.1, 0.15) is 6.33 Å². The Morgan fingerprint density at radius 2 is 1.84 bits per heavy atom. The number of aryl methyl sites for hydroxylation is 1. The van der Waals surface area contributed by atoms with E-state index in [0.29, 0.717) is 42.8 Å². The van der Waals surface area contributed by atoms with Crippen LogP contribution >= 0.6 is 0 Å². The van der Waals surface area contributed by atoms with E-state index in [9.17, 15) is 14.7 Å². The zero-order chi connectivity index (χ0) is 25.5. The molecule has 2 N–H and O–H groups in total. The van der Waals surface area contributed by atoms with Gasteiger partial charge in [-0.1, -0.05) is 67.0 Å². The van der Waals surface area contributed by atoms with Crippen molar-refractivity contribution in [1.82, 2.24) is 29.3 Å². The van der Waals surface area contributed by atoms with E-state index in [2.05, 4.69) is 31.7 Å². The Morgan fingerprint density at radius 3 is 2.51 bits per heavy atom. The monoisotopic (exact) mass is 498 g/mol. The first-order valence-corrected chi connectivity index (χ1v) is 12.4. The first kappa shape index (κ1) is 23.1. The Kier molecular flexibility index (Phi) is 5.80. The number of benzene rings is 2. The van der Waals surface area contributed by atoms with Crippen molar-refractivity contribution in [2.45, 2.75) is 51.2 Å². The van der Waals surface area contributed by atoms with Gasteiger partial charge in [0, 0.05) is 23.6 Å². The summed E-state index contributed by atoms with van der Waals surface area (Å²) >= 11 is 0. The molecule has 0 radical (unpaired) electrons. The molecule has 0 saturated heterocycles. The summed E-state index contributed by atoms with van der Waals surface area (Å²) in [6.45, 7) is 2.08. The second-order valence-electron chi connectivity index (χ2n) is 9.46. The lowest BCUT2D eigenvalue weighted by Crippen LogP contribution is -2.39. The molecule has 3 heterocycles. The minimum Gasteiger partial charge on any atom is -0.393 e. The largest absolute Gasteiger partial charge is 0.439 e. The lowest BCUT2D eigenvalue weighted by atomic mass is 9.89. The number of nitrogens with zero attached hydrogens (tertiary/aromatic N) is 5. The summed E-state index contributed by atoms with van der Waals surface area (Å²) in [7, 11) is 0. The summed E-state index contributed by atoms with van der Waals surface area (Å²) in [4.78, 5) is 32.2. The molecule has 10 nitrogen and oxygen atoms in total. The lowest BCUT2D eigenvalue weighted by Gasteiger charge is -2.33. The first-order chi connectivity index (χ1) is 18.0. The molecule has 1 saturated carbocycles. The summed E-state index contributed by atoms with van der Waals surface area (Å²) in [5.41, 5.74) is 5.11. The Hall–Kier alpha value is -4.31. The summed E-state index contributed by atoms with van der Waals surface area (Å²) in [6, 6.07) is 15.6. The molecule has 1 aliphatic carbocycles. The van der Waals surface area contributed by atoms with Gasteiger partial charge in [-0.25, -0.2) is 9.31 Å². The van der Waals surface area contributed by atoms with Gasteiger partial charge in [-0.15, -0.1) is 0 Å². The molecule has 188 valence electrons. The quantitative estimate of drug-likeness (QED) is 0.352. The minimum absolute atomic E-state index is 0.0646. The van der Waals surface area contributed by atoms with Crippen LogP contribution in [0, 0.1) is 0 Å². The van der Waals surface area contributed by atoms with Crippen LogP contribution in [0.25, 0.3) is 28.3 Å². The third-order valence-electron chi connectivity index (χ3n) is 7.03. The second kappa shape index (κ2) is 9.29. The van der Waals surface area contributed by atoms with Gasteiger partial charge in [0.2, 0.25) is 5.78 Å². The van der Waals surface area contributed by atoms with E-state index in [4.69, 9.17) is 0 Å². The molecule has 10 heteroatoms. The minimum atomic E-state index is -0.602. The number of hydrogen-bond acceptors (Lipinski definition) is 7. The maximum absolute atomic E-state index is 13.8. The van der Waals surface area contributed by atoms with Crippen LogP contribution in [0.3, 0.4) is 0 Å². The summed E-state index contributed by atoms with van der Waals surface area (Å²) < 4.78 is 8.18. The Balaban J connectivity index is 1.38. The van der Waals surface area contributed by atoms with Gasteiger partial charge in [-0.3, -0.25) is 18.9 Å². The number of aromatic nitrogens is 6. The SMILES string of the molecule is CCCc1c(Cc2ccc(-c3ccccc3-c3noc(=O)[nH]3)cc2)c(=O)n([C@H]2C[C@@H](O)C2)c2ncnn12. The Bertz CT molecular complexity index is 1690. The number of aliphatic hydroxyl groups excluding tert-OH is 1. The van der Waals surface area contributed by atoms with Crippen LogP contribution < -0.4 is 11.3 Å². The zero-order valence-corrected chi connectivity index (χ0v) is 20.3. The average Bonchev–Trinajstić information content (AvgIpc) is 3.55. The van der Waals surface area contributed by atoms with Gasteiger partial charge in [0.15, 0.2) is 5.82 Å². The predicted molar refractivity (Wildman–Crippen MR) is 136 cm³/mol. The van der Waals surface area contributed by atoms with Gasteiger partial charge in [-0.05, 0) is 36.0 Å². The Labute approximate surface area is 211 Å². The molecule has 2 aromatic carbocycles. The number of hydrogen-bond donors (Lipinski definition) is 2. The molecule has 3 aromatic heterocycles. The smallest absolute Gasteiger partial charge is 0.393 e. The van der Waals surface area contributed by atoms with Gasteiger partial charge >= 0.3 is 5.76 Å². The number of H-pyrrole nitrogens is 1. The zero-order valence-electron chi connectivity index (χ0n) is 20.3. The number of rotatable bonds is 7. The van der Waals surface area contributed by atoms with Gasteiger partial charge in [-0.2, -0.15) is 10.1 Å². The average molecular weight is 499 g/mol. The molecule has 6 rings (SSSR count). The standard InChI is InChI=1S/C27H26N6O4/c1-2-5-23-22(25(35)32(18-13-19(34)14-18)26-28-15-29-33(23)26)12-16-8-10-17(11-9-16)20-6-3-4-7-21(20)24-30-27(36)37-31-24/h3-4,6-11,15,18-19,34H,2,5,12-14H2,1H3,(H,30,31,36)/t18-,19+. The van der Waals surface area contributed by atoms with Gasteiger partial charge in [0.25, 0.3) is 5.56 Å². The van der Waals surface area contributed by atoms with E-state index in [1.54, 1.807) is 9.08 Å². The summed E-state index contributed by atoms with van der Waals surface area (Å²) in [5.74, 6) is 0.304. The lowest BCUT2D eigenvalue weighted by molar-refractivity contribution is 0.0481. The molecule has 1 fully saturated rings. The van der Waals surface area contributed by atoms with Crippen LogP contribution in [-0.4, -0.2) is 40.5 Å². The maximum Gasteiger partial charge on any atom is 0.439 e. The molecule has 1 aliphatic rings. The molecule has 0 bridgehead atoms. The number of aliphatic hydroxyl groups is 1. The number of nitrogens with one attached hydrogen (secondary N) is 1. The summed E-state index contributed by atoms with van der Waals surface area (Å²) in [5, 5.41) is 18.1. The highest BCUT2D eigenvalue weighted by molar-refractivity contribution is 5.80. The third kappa shape index (κ3) is 4.09. The molecule has 0 aliphatic heterocycles. The van der Waals surface area contributed by atoms with Crippen molar-refractivity contribution in [2.75, 3.05) is 0 Å². The molecular formula is C27H26N6O4. The molecule has 0 amide bonds. The van der Waals surface area contributed by atoms with Gasteiger partial charge < -0.3 is 5.11 Å². The highest BCUT2D eigenvalue weighted by Gasteiger charge is 2.33. The summed E-state index contributed by atoms with van der Waals surface area (Å²) in [6.07, 6.45) is 4.21. The molecule has 0 atom stereocenters. The molecule has 5 aromatic rings. The fraction of sp³-hybridized carbons (Fsp3) is 0.296. The van der Waals surface area contributed by atoms with E-state index in [0.717, 1.165) is 34.4 Å². The van der Waals surface area contributed by atoms with E-state index in [1.165, 1.54) is 6.33 Å². The van der Waals surface area contributed by atoms with Crippen LogP contribution in [0.1, 0.15) is 49.0 Å². The van der Waals surface area contributed by atoms with Crippen molar-refractivity contribution in [3.63, 3.8) is 0 Å².